The van der Waals surface area contributed by atoms with Crippen LogP contribution < -0.4 is 9.64 Å². The van der Waals surface area contributed by atoms with Crippen LogP contribution in [0.15, 0.2) is 59.0 Å². The summed E-state index contributed by atoms with van der Waals surface area (Å²) in [6.45, 7) is 2.93. The lowest BCUT2D eigenvalue weighted by molar-refractivity contribution is -0.136. The number of rotatable bonds is 9. The summed E-state index contributed by atoms with van der Waals surface area (Å²) in [5.74, 6) is -2.99. The van der Waals surface area contributed by atoms with Crippen LogP contribution in [0.1, 0.15) is 34.6 Å². The summed E-state index contributed by atoms with van der Waals surface area (Å²) < 4.78 is 53.3. The molecule has 1 aliphatic heterocycles. The number of fused-ring (bicyclic) bond motifs is 1. The van der Waals surface area contributed by atoms with Crippen molar-refractivity contribution < 1.29 is 32.2 Å². The fourth-order valence-corrected chi connectivity index (χ4v) is 4.89. The first kappa shape index (κ1) is 26.3. The zero-order valence-electron chi connectivity index (χ0n) is 21.3. The summed E-state index contributed by atoms with van der Waals surface area (Å²) in [6, 6.07) is 15.3. The van der Waals surface area contributed by atoms with E-state index in [1.54, 1.807) is 4.90 Å². The molecule has 1 N–H and O–H groups in total. The van der Waals surface area contributed by atoms with Crippen molar-refractivity contribution in [2.45, 2.75) is 39.2 Å². The highest BCUT2D eigenvalue weighted by Crippen LogP contribution is 2.34. The molecule has 9 heteroatoms. The standard InChI is InChI=1S/C30H27F3N2O4/c1-18-26(34-30(39-18)20-5-3-2-4-6-20)12-14-38-27-9-7-19(8-10-28(36)37)23-17-35(13-11-22(23)27)21-15-24(31)29(33)25(32)16-21/h2-7,9,15-16H,8,10-14,17H2,1H3,(H,36,37). The Kier molecular flexibility index (Phi) is 7.58. The molecular weight excluding hydrogens is 509 g/mol. The predicted molar refractivity (Wildman–Crippen MR) is 139 cm³/mol. The quantitative estimate of drug-likeness (QED) is 0.254. The highest BCUT2D eigenvalue weighted by molar-refractivity contribution is 5.67. The Morgan fingerprint density at radius 1 is 1.05 bits per heavy atom. The van der Waals surface area contributed by atoms with Gasteiger partial charge in [0.25, 0.3) is 0 Å². The molecule has 1 aromatic heterocycles. The second-order valence-corrected chi connectivity index (χ2v) is 9.46. The average Bonchev–Trinajstić information content (AvgIpc) is 3.31. The Bertz CT molecular complexity index is 1480. The summed E-state index contributed by atoms with van der Waals surface area (Å²) in [5.41, 5.74) is 4.53. The molecule has 4 aromatic rings. The van der Waals surface area contributed by atoms with Crippen LogP contribution in [0.3, 0.4) is 0 Å². The number of carboxylic acids is 1. The zero-order chi connectivity index (χ0) is 27.5. The Balaban J connectivity index is 1.35. The van der Waals surface area contributed by atoms with Gasteiger partial charge < -0.3 is 19.2 Å². The van der Waals surface area contributed by atoms with Gasteiger partial charge >= 0.3 is 5.97 Å². The molecule has 0 saturated carbocycles. The Morgan fingerprint density at radius 3 is 2.51 bits per heavy atom. The van der Waals surface area contributed by atoms with Crippen molar-refractivity contribution in [3.63, 3.8) is 0 Å². The summed E-state index contributed by atoms with van der Waals surface area (Å²) in [4.78, 5) is 17.6. The van der Waals surface area contributed by atoms with Gasteiger partial charge in [0.05, 0.1) is 12.3 Å². The van der Waals surface area contributed by atoms with E-state index in [1.807, 2.05) is 49.4 Å². The number of carboxylic acid groups (broad SMARTS) is 1. The second kappa shape index (κ2) is 11.2. The van der Waals surface area contributed by atoms with Gasteiger partial charge in [-0.3, -0.25) is 4.79 Å². The summed E-state index contributed by atoms with van der Waals surface area (Å²) in [6.07, 6.45) is 1.28. The number of carbonyl (C=O) groups is 1. The normalized spacial score (nSPS) is 12.9. The van der Waals surface area contributed by atoms with Crippen LogP contribution in [0.25, 0.3) is 11.5 Å². The van der Waals surface area contributed by atoms with Crippen LogP contribution in [0.4, 0.5) is 18.9 Å². The molecule has 0 radical (unpaired) electrons. The number of ether oxygens (including phenoxy) is 1. The maximum Gasteiger partial charge on any atom is 0.303 e. The number of aryl methyl sites for hydroxylation is 2. The van der Waals surface area contributed by atoms with Gasteiger partial charge in [0.1, 0.15) is 11.5 Å². The Hall–Kier alpha value is -4.27. The summed E-state index contributed by atoms with van der Waals surface area (Å²) >= 11 is 0. The van der Waals surface area contributed by atoms with E-state index in [4.69, 9.17) is 9.15 Å². The third-order valence-corrected chi connectivity index (χ3v) is 6.92. The van der Waals surface area contributed by atoms with E-state index in [2.05, 4.69) is 4.98 Å². The number of aromatic nitrogens is 1. The fourth-order valence-electron chi connectivity index (χ4n) is 4.89. The number of nitrogens with zero attached hydrogens (tertiary/aromatic N) is 2. The molecule has 39 heavy (non-hydrogen) atoms. The molecule has 0 amide bonds. The van der Waals surface area contributed by atoms with Crippen LogP contribution in [0.2, 0.25) is 0 Å². The first-order valence-electron chi connectivity index (χ1n) is 12.7. The van der Waals surface area contributed by atoms with Gasteiger partial charge in [-0.05, 0) is 49.1 Å². The largest absolute Gasteiger partial charge is 0.493 e. The van der Waals surface area contributed by atoms with Crippen molar-refractivity contribution in [3.8, 4) is 17.2 Å². The number of halogens is 3. The molecule has 0 bridgehead atoms. The molecule has 0 saturated heterocycles. The SMILES string of the molecule is Cc1oc(-c2ccccc2)nc1CCOc1ccc(CCC(=O)O)c2c1CCN(c1cc(F)c(F)c(F)c1)C2. The van der Waals surface area contributed by atoms with Crippen molar-refractivity contribution in [2.24, 2.45) is 0 Å². The van der Waals surface area contributed by atoms with Crippen LogP contribution >= 0.6 is 0 Å². The predicted octanol–water partition coefficient (Wildman–Crippen LogP) is 6.27. The number of hydrogen-bond donors (Lipinski definition) is 1. The van der Waals surface area contributed by atoms with Gasteiger partial charge in [-0.1, -0.05) is 24.3 Å². The monoisotopic (exact) mass is 536 g/mol. The minimum atomic E-state index is -1.51. The van der Waals surface area contributed by atoms with E-state index >= 15 is 0 Å². The van der Waals surface area contributed by atoms with Gasteiger partial charge in [0.15, 0.2) is 17.5 Å². The van der Waals surface area contributed by atoms with Crippen LogP contribution in [0, 0.1) is 24.4 Å². The lowest BCUT2D eigenvalue weighted by Crippen LogP contribution is -2.32. The van der Waals surface area contributed by atoms with Crippen molar-refractivity contribution in [2.75, 3.05) is 18.1 Å². The number of aliphatic carboxylic acids is 1. The number of anilines is 1. The molecule has 1 aliphatic rings. The van der Waals surface area contributed by atoms with E-state index in [0.29, 0.717) is 44.1 Å². The highest BCUT2D eigenvalue weighted by Gasteiger charge is 2.25. The van der Waals surface area contributed by atoms with Crippen molar-refractivity contribution >= 4 is 11.7 Å². The van der Waals surface area contributed by atoms with Gasteiger partial charge in [-0.2, -0.15) is 0 Å². The second-order valence-electron chi connectivity index (χ2n) is 9.46. The minimum Gasteiger partial charge on any atom is -0.493 e. The average molecular weight is 537 g/mol. The molecule has 5 rings (SSSR count). The molecule has 0 aliphatic carbocycles. The van der Waals surface area contributed by atoms with E-state index in [-0.39, 0.29) is 18.7 Å². The molecule has 0 unspecified atom stereocenters. The lowest BCUT2D eigenvalue weighted by Gasteiger charge is -2.33. The number of oxazole rings is 1. The van der Waals surface area contributed by atoms with Crippen molar-refractivity contribution in [1.29, 1.82) is 0 Å². The van der Waals surface area contributed by atoms with E-state index in [0.717, 1.165) is 45.8 Å². The van der Waals surface area contributed by atoms with E-state index in [9.17, 15) is 23.1 Å². The molecule has 0 atom stereocenters. The maximum absolute atomic E-state index is 13.9. The van der Waals surface area contributed by atoms with Crippen LogP contribution in [0.5, 0.6) is 5.75 Å². The molecule has 3 aromatic carbocycles. The van der Waals surface area contributed by atoms with Gasteiger partial charge in [-0.25, -0.2) is 18.2 Å². The third kappa shape index (κ3) is 5.77. The van der Waals surface area contributed by atoms with Gasteiger partial charge in [0.2, 0.25) is 5.89 Å². The summed E-state index contributed by atoms with van der Waals surface area (Å²) in [5, 5.41) is 9.20. The molecule has 202 valence electrons. The highest BCUT2D eigenvalue weighted by atomic mass is 19.2. The molecule has 0 fully saturated rings. The van der Waals surface area contributed by atoms with E-state index in [1.165, 1.54) is 0 Å². The van der Waals surface area contributed by atoms with Crippen LogP contribution in [-0.4, -0.2) is 29.2 Å². The first-order valence-corrected chi connectivity index (χ1v) is 12.7. The molecular formula is C30H27F3N2O4. The molecule has 2 heterocycles. The topological polar surface area (TPSA) is 75.8 Å². The maximum atomic E-state index is 13.9. The van der Waals surface area contributed by atoms with E-state index < -0.39 is 23.4 Å². The molecule has 0 spiro atoms. The van der Waals surface area contributed by atoms with Crippen molar-refractivity contribution in [3.05, 3.63) is 100 Å². The first-order chi connectivity index (χ1) is 18.8. The van der Waals surface area contributed by atoms with Gasteiger partial charge in [-0.15, -0.1) is 0 Å². The Labute approximate surface area is 223 Å². The zero-order valence-corrected chi connectivity index (χ0v) is 21.3. The number of benzene rings is 3. The van der Waals surface area contributed by atoms with Gasteiger partial charge in [0, 0.05) is 54.9 Å². The lowest BCUT2D eigenvalue weighted by atomic mass is 9.91. The number of hydrogen-bond acceptors (Lipinski definition) is 5. The minimum absolute atomic E-state index is 0.0539. The Morgan fingerprint density at radius 2 is 1.79 bits per heavy atom. The molecule has 6 nitrogen and oxygen atoms in total. The smallest absolute Gasteiger partial charge is 0.303 e. The fraction of sp³-hybridized carbons (Fsp3) is 0.267. The van der Waals surface area contributed by atoms with Crippen LogP contribution in [-0.2, 0) is 30.6 Å². The summed E-state index contributed by atoms with van der Waals surface area (Å²) in [7, 11) is 0. The third-order valence-electron chi connectivity index (χ3n) is 6.92. The van der Waals surface area contributed by atoms with Crippen molar-refractivity contribution in [1.82, 2.24) is 4.98 Å².